The number of unbranched alkanes of at least 4 members (excludes halogenated alkanes) is 1. The second-order valence-corrected chi connectivity index (χ2v) is 7.80. The first-order valence-electron chi connectivity index (χ1n) is 9.55. The van der Waals surface area contributed by atoms with Crippen LogP contribution in [0.3, 0.4) is 0 Å². The predicted octanol–water partition coefficient (Wildman–Crippen LogP) is 3.45. The number of thioether (sulfide) groups is 1. The van der Waals surface area contributed by atoms with Crippen molar-refractivity contribution in [2.75, 3.05) is 32.0 Å². The van der Waals surface area contributed by atoms with Crippen LogP contribution in [-0.4, -0.2) is 59.7 Å². The van der Waals surface area contributed by atoms with Gasteiger partial charge in [-0.1, -0.05) is 25.5 Å². The Morgan fingerprint density at radius 2 is 2.04 bits per heavy atom. The molecule has 1 aliphatic rings. The van der Waals surface area contributed by atoms with Crippen molar-refractivity contribution >= 4 is 23.6 Å². The maximum Gasteiger partial charge on any atom is 0.323 e. The Kier molecular flexibility index (Phi) is 8.57. The second kappa shape index (κ2) is 10.7. The first-order valence-corrected chi connectivity index (χ1v) is 10.6. The lowest BCUT2D eigenvalue weighted by Crippen LogP contribution is -2.47. The molecule has 5 nitrogen and oxygen atoms in total. The Morgan fingerprint density at radius 3 is 2.67 bits per heavy atom. The van der Waals surface area contributed by atoms with Crippen LogP contribution in [0.5, 0.6) is 0 Å². The van der Waals surface area contributed by atoms with Crippen molar-refractivity contribution in [1.29, 1.82) is 0 Å². The molecule has 1 amide bonds. The smallest absolute Gasteiger partial charge is 0.323 e. The summed E-state index contributed by atoms with van der Waals surface area (Å²) in [5, 5.41) is -0.107. The lowest BCUT2D eigenvalue weighted by Gasteiger charge is -2.31. The fraction of sp³-hybridized carbons (Fsp3) is 0.600. The van der Waals surface area contributed by atoms with Gasteiger partial charge >= 0.3 is 5.97 Å². The highest BCUT2D eigenvalue weighted by Gasteiger charge is 2.33. The fourth-order valence-corrected chi connectivity index (χ4v) is 4.35. The number of amides is 1. The van der Waals surface area contributed by atoms with Gasteiger partial charge in [0.05, 0.1) is 13.2 Å². The highest BCUT2D eigenvalue weighted by atomic mass is 32.2. The molecule has 0 saturated carbocycles. The summed E-state index contributed by atoms with van der Waals surface area (Å²) in [5.41, 5.74) is 0.922. The molecule has 7 heteroatoms. The molecule has 1 aromatic carbocycles. The summed E-state index contributed by atoms with van der Waals surface area (Å²) in [6.45, 7) is 7.48. The van der Waals surface area contributed by atoms with Crippen molar-refractivity contribution in [3.63, 3.8) is 0 Å². The minimum Gasteiger partial charge on any atom is -0.465 e. The molecule has 27 heavy (non-hydrogen) atoms. The lowest BCUT2D eigenvalue weighted by molar-refractivity contribution is -0.150. The molecule has 1 aromatic rings. The SMILES string of the molecule is CCCCN(CC(=O)N1CCS[C@H]1c1ccc(F)cc1)[C@@H](C)C(=O)OCC. The van der Waals surface area contributed by atoms with Crippen LogP contribution < -0.4 is 0 Å². The Hall–Kier alpha value is -1.60. The molecule has 1 aliphatic heterocycles. The van der Waals surface area contributed by atoms with Crippen molar-refractivity contribution in [1.82, 2.24) is 9.80 Å². The van der Waals surface area contributed by atoms with Gasteiger partial charge in [0.1, 0.15) is 17.2 Å². The van der Waals surface area contributed by atoms with Gasteiger partial charge in [0.2, 0.25) is 5.91 Å². The summed E-state index contributed by atoms with van der Waals surface area (Å²) < 4.78 is 18.3. The molecule has 2 atom stereocenters. The molecule has 0 radical (unpaired) electrons. The van der Waals surface area contributed by atoms with Gasteiger partial charge in [0, 0.05) is 12.3 Å². The van der Waals surface area contributed by atoms with Crippen LogP contribution >= 0.6 is 11.8 Å². The zero-order valence-corrected chi connectivity index (χ0v) is 17.1. The first-order chi connectivity index (χ1) is 13.0. The van der Waals surface area contributed by atoms with Crippen molar-refractivity contribution in [2.45, 2.75) is 45.0 Å². The summed E-state index contributed by atoms with van der Waals surface area (Å²) in [4.78, 5) is 28.9. The number of hydrogen-bond acceptors (Lipinski definition) is 5. The molecule has 2 rings (SSSR count). The number of nitrogens with zero attached hydrogens (tertiary/aromatic N) is 2. The number of carbonyl (C=O) groups is 2. The third-order valence-electron chi connectivity index (χ3n) is 4.68. The number of carbonyl (C=O) groups excluding carboxylic acids is 2. The molecule has 1 saturated heterocycles. The second-order valence-electron chi connectivity index (χ2n) is 6.61. The van der Waals surface area contributed by atoms with Crippen LogP contribution in [0.1, 0.15) is 44.6 Å². The van der Waals surface area contributed by atoms with Crippen LogP contribution in [-0.2, 0) is 14.3 Å². The highest BCUT2D eigenvalue weighted by Crippen LogP contribution is 2.38. The fourth-order valence-electron chi connectivity index (χ4n) is 3.08. The van der Waals surface area contributed by atoms with Gasteiger partial charge in [-0.15, -0.1) is 11.8 Å². The van der Waals surface area contributed by atoms with Crippen LogP contribution in [0.2, 0.25) is 0 Å². The van der Waals surface area contributed by atoms with E-state index in [4.69, 9.17) is 4.74 Å². The van der Waals surface area contributed by atoms with E-state index in [1.54, 1.807) is 37.7 Å². The third-order valence-corrected chi connectivity index (χ3v) is 5.94. The minimum absolute atomic E-state index is 0.0124. The zero-order chi connectivity index (χ0) is 19.8. The molecule has 0 aromatic heterocycles. The predicted molar refractivity (Wildman–Crippen MR) is 106 cm³/mol. The van der Waals surface area contributed by atoms with Gasteiger partial charge in [-0.25, -0.2) is 4.39 Å². The summed E-state index contributed by atoms with van der Waals surface area (Å²) in [5.74, 6) is 0.249. The average molecular weight is 397 g/mol. The standard InChI is InChI=1S/C20H29FN2O3S/c1-4-6-11-22(15(3)20(25)26-5-2)14-18(24)23-12-13-27-19(23)16-7-9-17(21)10-8-16/h7-10,15,19H,4-6,11-14H2,1-3H3/t15-,19-/m0/s1. The molecule has 1 heterocycles. The Balaban J connectivity index is 2.08. The molecular weight excluding hydrogens is 367 g/mol. The van der Waals surface area contributed by atoms with Crippen LogP contribution in [0.15, 0.2) is 24.3 Å². The van der Waals surface area contributed by atoms with E-state index in [0.717, 1.165) is 24.2 Å². The Labute approximate surface area is 165 Å². The Bertz CT molecular complexity index is 626. The average Bonchev–Trinajstić information content (AvgIpc) is 3.15. The van der Waals surface area contributed by atoms with E-state index in [1.807, 2.05) is 9.80 Å². The number of hydrogen-bond donors (Lipinski definition) is 0. The summed E-state index contributed by atoms with van der Waals surface area (Å²) in [6, 6.07) is 5.85. The monoisotopic (exact) mass is 396 g/mol. The molecule has 0 aliphatic carbocycles. The van der Waals surface area contributed by atoms with E-state index in [0.29, 0.717) is 19.7 Å². The van der Waals surface area contributed by atoms with E-state index < -0.39 is 6.04 Å². The summed E-state index contributed by atoms with van der Waals surface area (Å²) in [7, 11) is 0. The van der Waals surface area contributed by atoms with Gasteiger partial charge in [-0.2, -0.15) is 0 Å². The third kappa shape index (κ3) is 5.94. The van der Waals surface area contributed by atoms with Gasteiger partial charge < -0.3 is 9.64 Å². The number of esters is 1. The molecule has 0 bridgehead atoms. The normalized spacial score (nSPS) is 18.0. The summed E-state index contributed by atoms with van der Waals surface area (Å²) in [6.07, 6.45) is 1.89. The van der Waals surface area contributed by atoms with E-state index in [-0.39, 0.29) is 29.6 Å². The lowest BCUT2D eigenvalue weighted by atomic mass is 10.2. The van der Waals surface area contributed by atoms with Crippen LogP contribution in [0.4, 0.5) is 4.39 Å². The van der Waals surface area contributed by atoms with E-state index >= 15 is 0 Å². The first kappa shape index (κ1) is 21.7. The van der Waals surface area contributed by atoms with E-state index in [1.165, 1.54) is 12.1 Å². The zero-order valence-electron chi connectivity index (χ0n) is 16.3. The van der Waals surface area contributed by atoms with Crippen molar-refractivity contribution in [2.24, 2.45) is 0 Å². The molecule has 150 valence electrons. The van der Waals surface area contributed by atoms with Crippen molar-refractivity contribution in [3.05, 3.63) is 35.6 Å². The van der Waals surface area contributed by atoms with Gasteiger partial charge in [0.25, 0.3) is 0 Å². The minimum atomic E-state index is -0.458. The molecule has 0 N–H and O–H groups in total. The number of rotatable bonds is 9. The van der Waals surface area contributed by atoms with Gasteiger partial charge in [0.15, 0.2) is 0 Å². The van der Waals surface area contributed by atoms with Gasteiger partial charge in [-0.3, -0.25) is 14.5 Å². The topological polar surface area (TPSA) is 49.9 Å². The maximum atomic E-state index is 13.2. The molecular formula is C20H29FN2O3S. The largest absolute Gasteiger partial charge is 0.465 e. The number of ether oxygens (including phenoxy) is 1. The van der Waals surface area contributed by atoms with Crippen LogP contribution in [0.25, 0.3) is 0 Å². The van der Waals surface area contributed by atoms with E-state index in [9.17, 15) is 14.0 Å². The number of halogens is 1. The van der Waals surface area contributed by atoms with Crippen molar-refractivity contribution in [3.8, 4) is 0 Å². The molecule has 1 fully saturated rings. The van der Waals surface area contributed by atoms with E-state index in [2.05, 4.69) is 6.92 Å². The quantitative estimate of drug-likeness (QED) is 0.599. The Morgan fingerprint density at radius 1 is 1.33 bits per heavy atom. The summed E-state index contributed by atoms with van der Waals surface area (Å²) >= 11 is 1.68. The van der Waals surface area contributed by atoms with Gasteiger partial charge in [-0.05, 0) is 44.5 Å². The highest BCUT2D eigenvalue weighted by molar-refractivity contribution is 7.99. The number of benzene rings is 1. The molecule has 0 spiro atoms. The molecule has 0 unspecified atom stereocenters. The van der Waals surface area contributed by atoms with Crippen molar-refractivity contribution < 1.29 is 18.7 Å². The van der Waals surface area contributed by atoms with Crippen LogP contribution in [0, 0.1) is 5.82 Å². The maximum absolute atomic E-state index is 13.2.